The normalized spacial score (nSPS) is 11.1. The third-order valence-corrected chi connectivity index (χ3v) is 3.78. The molecule has 22 heavy (non-hydrogen) atoms. The van der Waals surface area contributed by atoms with Gasteiger partial charge in [0.25, 0.3) is 0 Å². The third-order valence-electron chi connectivity index (χ3n) is 3.78. The minimum absolute atomic E-state index is 0.751. The lowest BCUT2D eigenvalue weighted by Gasteiger charge is -2.05. The predicted octanol–water partition coefficient (Wildman–Crippen LogP) is 2.88. The van der Waals surface area contributed by atoms with E-state index in [-0.39, 0.29) is 0 Å². The molecule has 0 aliphatic rings. The van der Waals surface area contributed by atoms with Gasteiger partial charge in [-0.2, -0.15) is 0 Å². The van der Waals surface area contributed by atoms with Gasteiger partial charge in [-0.15, -0.1) is 0 Å². The van der Waals surface area contributed by atoms with Crippen molar-refractivity contribution in [2.24, 2.45) is 7.05 Å². The maximum atomic E-state index is 4.54. The highest BCUT2D eigenvalue weighted by molar-refractivity contribution is 5.86. The summed E-state index contributed by atoms with van der Waals surface area (Å²) in [5, 5.41) is 0. The van der Waals surface area contributed by atoms with Crippen LogP contribution in [-0.4, -0.2) is 24.1 Å². The second kappa shape index (κ2) is 5.11. The third kappa shape index (κ3) is 2.07. The molecule has 0 aliphatic heterocycles. The molecule has 5 nitrogen and oxygen atoms in total. The molecule has 0 radical (unpaired) electrons. The van der Waals surface area contributed by atoms with Crippen molar-refractivity contribution in [3.05, 3.63) is 66.9 Å². The van der Waals surface area contributed by atoms with E-state index in [0.29, 0.717) is 0 Å². The minimum atomic E-state index is 0.751. The number of aryl methyl sites for hydroxylation is 1. The van der Waals surface area contributed by atoms with Crippen molar-refractivity contribution in [1.29, 1.82) is 0 Å². The summed E-state index contributed by atoms with van der Waals surface area (Å²) < 4.78 is 4.09. The standard InChI is InChI=1S/C17H15N5/c1-21-9-5-8-14(21)15-16-17(19-11-18-15)22(12-20-16)10-13-6-3-2-4-7-13/h2-9,11-12H,10H2,1H3. The number of fused-ring (bicyclic) bond motifs is 1. The molecule has 108 valence electrons. The molecule has 0 atom stereocenters. The van der Waals surface area contributed by atoms with Crippen LogP contribution in [0.3, 0.4) is 0 Å². The lowest BCUT2D eigenvalue weighted by molar-refractivity contribution is 0.813. The fourth-order valence-corrected chi connectivity index (χ4v) is 2.67. The van der Waals surface area contributed by atoms with E-state index >= 15 is 0 Å². The number of benzene rings is 1. The van der Waals surface area contributed by atoms with Gasteiger partial charge in [0.2, 0.25) is 0 Å². The van der Waals surface area contributed by atoms with Crippen LogP contribution in [0.2, 0.25) is 0 Å². The molecule has 3 heterocycles. The van der Waals surface area contributed by atoms with Crippen LogP contribution < -0.4 is 0 Å². The zero-order valence-electron chi connectivity index (χ0n) is 12.2. The maximum Gasteiger partial charge on any atom is 0.164 e. The molecule has 0 unspecified atom stereocenters. The Bertz CT molecular complexity index is 921. The number of nitrogens with zero attached hydrogens (tertiary/aromatic N) is 5. The first-order chi connectivity index (χ1) is 10.8. The Balaban J connectivity index is 1.82. The quantitative estimate of drug-likeness (QED) is 0.582. The van der Waals surface area contributed by atoms with Crippen molar-refractivity contribution in [1.82, 2.24) is 24.1 Å². The van der Waals surface area contributed by atoms with Crippen LogP contribution in [-0.2, 0) is 13.6 Å². The van der Waals surface area contributed by atoms with Gasteiger partial charge in [0.15, 0.2) is 5.65 Å². The first-order valence-electron chi connectivity index (χ1n) is 7.14. The van der Waals surface area contributed by atoms with Gasteiger partial charge in [-0.25, -0.2) is 15.0 Å². The minimum Gasteiger partial charge on any atom is -0.349 e. The highest BCUT2D eigenvalue weighted by Gasteiger charge is 2.13. The van der Waals surface area contributed by atoms with Crippen LogP contribution in [0, 0.1) is 0 Å². The summed E-state index contributed by atoms with van der Waals surface area (Å²) in [5.41, 5.74) is 4.82. The van der Waals surface area contributed by atoms with Crippen LogP contribution in [0.5, 0.6) is 0 Å². The number of rotatable bonds is 3. The molecule has 0 spiro atoms. The average molecular weight is 289 g/mol. The lowest BCUT2D eigenvalue weighted by Crippen LogP contribution is -2.00. The van der Waals surface area contributed by atoms with Gasteiger partial charge < -0.3 is 9.13 Å². The van der Waals surface area contributed by atoms with Crippen LogP contribution in [0.4, 0.5) is 0 Å². The van der Waals surface area contributed by atoms with E-state index in [1.54, 1.807) is 6.33 Å². The smallest absolute Gasteiger partial charge is 0.164 e. The fourth-order valence-electron chi connectivity index (χ4n) is 2.67. The molecule has 0 amide bonds. The molecule has 1 aromatic carbocycles. The summed E-state index contributed by atoms with van der Waals surface area (Å²) >= 11 is 0. The zero-order chi connectivity index (χ0) is 14.9. The number of imidazole rings is 1. The fraction of sp³-hybridized carbons (Fsp3) is 0.118. The van der Waals surface area contributed by atoms with Crippen LogP contribution in [0.25, 0.3) is 22.6 Å². The van der Waals surface area contributed by atoms with Gasteiger partial charge in [0.05, 0.1) is 18.6 Å². The van der Waals surface area contributed by atoms with E-state index in [1.165, 1.54) is 5.56 Å². The Morgan fingerprint density at radius 2 is 1.82 bits per heavy atom. The molecular weight excluding hydrogens is 274 g/mol. The van der Waals surface area contributed by atoms with E-state index in [0.717, 1.165) is 29.1 Å². The van der Waals surface area contributed by atoms with Gasteiger partial charge in [-0.05, 0) is 17.7 Å². The Morgan fingerprint density at radius 3 is 2.59 bits per heavy atom. The topological polar surface area (TPSA) is 48.5 Å². The highest BCUT2D eigenvalue weighted by Crippen LogP contribution is 2.24. The average Bonchev–Trinajstić information content (AvgIpc) is 3.15. The van der Waals surface area contributed by atoms with Crippen molar-refractivity contribution in [2.75, 3.05) is 0 Å². The Kier molecular flexibility index (Phi) is 2.96. The molecule has 0 bridgehead atoms. The van der Waals surface area contributed by atoms with Crippen molar-refractivity contribution in [2.45, 2.75) is 6.54 Å². The molecule has 3 aromatic heterocycles. The monoisotopic (exact) mass is 289 g/mol. The lowest BCUT2D eigenvalue weighted by atomic mass is 10.2. The first-order valence-corrected chi connectivity index (χ1v) is 7.14. The molecule has 4 rings (SSSR count). The SMILES string of the molecule is Cn1cccc1-c1ncnc2c1ncn2Cc1ccccc1. The first kappa shape index (κ1) is 12.8. The Morgan fingerprint density at radius 1 is 0.955 bits per heavy atom. The van der Waals surface area contributed by atoms with Gasteiger partial charge in [-0.1, -0.05) is 30.3 Å². The molecule has 0 fully saturated rings. The molecule has 5 heteroatoms. The Hall–Kier alpha value is -2.95. The predicted molar refractivity (Wildman–Crippen MR) is 85.3 cm³/mol. The van der Waals surface area contributed by atoms with Crippen LogP contribution in [0.1, 0.15) is 5.56 Å². The van der Waals surface area contributed by atoms with Crippen LogP contribution >= 0.6 is 0 Å². The number of hydrogen-bond acceptors (Lipinski definition) is 3. The van der Waals surface area contributed by atoms with Crippen molar-refractivity contribution in [3.8, 4) is 11.4 Å². The summed E-state index contributed by atoms with van der Waals surface area (Å²) in [4.78, 5) is 13.4. The van der Waals surface area contributed by atoms with Gasteiger partial charge in [-0.3, -0.25) is 0 Å². The second-order valence-corrected chi connectivity index (χ2v) is 5.26. The largest absolute Gasteiger partial charge is 0.349 e. The van der Waals surface area contributed by atoms with E-state index in [9.17, 15) is 0 Å². The molecule has 0 aliphatic carbocycles. The highest BCUT2D eigenvalue weighted by atomic mass is 15.1. The van der Waals surface area contributed by atoms with Crippen molar-refractivity contribution >= 4 is 11.2 Å². The van der Waals surface area contributed by atoms with Crippen molar-refractivity contribution in [3.63, 3.8) is 0 Å². The van der Waals surface area contributed by atoms with Gasteiger partial charge >= 0.3 is 0 Å². The molecular formula is C17H15N5. The van der Waals surface area contributed by atoms with E-state index in [2.05, 4.69) is 31.7 Å². The van der Waals surface area contributed by atoms with E-state index in [1.807, 2.05) is 54.5 Å². The molecule has 0 N–H and O–H groups in total. The summed E-state index contributed by atoms with van der Waals surface area (Å²) in [7, 11) is 2.00. The number of aromatic nitrogens is 5. The second-order valence-electron chi connectivity index (χ2n) is 5.26. The summed E-state index contributed by atoms with van der Waals surface area (Å²) in [5.74, 6) is 0. The summed E-state index contributed by atoms with van der Waals surface area (Å²) in [6.07, 6.45) is 5.44. The van der Waals surface area contributed by atoms with E-state index < -0.39 is 0 Å². The Labute approximate surface area is 127 Å². The van der Waals surface area contributed by atoms with E-state index in [4.69, 9.17) is 0 Å². The number of hydrogen-bond donors (Lipinski definition) is 0. The van der Waals surface area contributed by atoms with Gasteiger partial charge in [0.1, 0.15) is 17.5 Å². The maximum absolute atomic E-state index is 4.54. The van der Waals surface area contributed by atoms with Gasteiger partial charge in [0, 0.05) is 13.2 Å². The van der Waals surface area contributed by atoms with Crippen molar-refractivity contribution < 1.29 is 0 Å². The zero-order valence-corrected chi connectivity index (χ0v) is 12.2. The molecule has 0 saturated heterocycles. The van der Waals surface area contributed by atoms with Crippen LogP contribution in [0.15, 0.2) is 61.3 Å². The molecule has 0 saturated carbocycles. The summed E-state index contributed by atoms with van der Waals surface area (Å²) in [6, 6.07) is 14.3. The summed E-state index contributed by atoms with van der Waals surface area (Å²) in [6.45, 7) is 0.751. The molecule has 4 aromatic rings.